The summed E-state index contributed by atoms with van der Waals surface area (Å²) in [7, 11) is 0. The van der Waals surface area contributed by atoms with Crippen LogP contribution in [-0.2, 0) is 5.41 Å². The highest BCUT2D eigenvalue weighted by Crippen LogP contribution is 2.29. The quantitative estimate of drug-likeness (QED) is 0.633. The van der Waals surface area contributed by atoms with Crippen molar-refractivity contribution in [1.29, 1.82) is 5.26 Å². The first-order chi connectivity index (χ1) is 11.8. The van der Waals surface area contributed by atoms with Crippen LogP contribution in [0.5, 0.6) is 11.5 Å². The molecule has 4 heteroatoms. The number of hydrogen-bond donors (Lipinski definition) is 2. The van der Waals surface area contributed by atoms with Gasteiger partial charge in [0.25, 0.3) is 0 Å². The van der Waals surface area contributed by atoms with Gasteiger partial charge in [-0.25, -0.2) is 0 Å². The summed E-state index contributed by atoms with van der Waals surface area (Å²) in [4.78, 5) is 0. The van der Waals surface area contributed by atoms with Crippen LogP contribution in [0.4, 0.5) is 0 Å². The number of aromatic hydroxyl groups is 2. The summed E-state index contributed by atoms with van der Waals surface area (Å²) in [5, 5.41) is 27.3. The van der Waals surface area contributed by atoms with Gasteiger partial charge < -0.3 is 10.2 Å². The molecule has 0 saturated heterocycles. The fourth-order valence-electron chi connectivity index (χ4n) is 2.24. The lowest BCUT2D eigenvalue weighted by molar-refractivity contribution is 0.471. The molecule has 3 nitrogen and oxygen atoms in total. The number of hydrogen-bond acceptors (Lipinski definition) is 3. The molecule has 0 spiro atoms. The molecule has 0 aliphatic carbocycles. The monoisotopic (exact) mass is 403 g/mol. The molecule has 0 fully saturated rings. The van der Waals surface area contributed by atoms with Crippen LogP contribution in [0, 0.1) is 11.3 Å². The molecule has 0 bridgehead atoms. The molecule has 2 aromatic rings. The molecule has 0 heterocycles. The minimum absolute atomic E-state index is 0.236. The summed E-state index contributed by atoms with van der Waals surface area (Å²) in [5.41, 5.74) is 1.78. The van der Waals surface area contributed by atoms with Gasteiger partial charge in [0, 0.05) is 0 Å². The van der Waals surface area contributed by atoms with E-state index in [0.717, 1.165) is 22.9 Å². The van der Waals surface area contributed by atoms with Crippen molar-refractivity contribution in [3.8, 4) is 17.6 Å². The van der Waals surface area contributed by atoms with Crippen molar-refractivity contribution in [2.75, 3.05) is 0 Å². The van der Waals surface area contributed by atoms with Gasteiger partial charge in [-0.3, -0.25) is 0 Å². The lowest BCUT2D eigenvalue weighted by Gasteiger charge is -2.19. The standard InChI is InChI=1S/C11H13NO.C10H13BrO/c1-3-11(2,8-12)9-4-6-10(13)7-5-9;1-3-7(2)8-4-5-10(12)9(11)6-8/h4-7,13H,3H2,1-2H3;4-7,12H,3H2,1-2H3. The first-order valence-corrected chi connectivity index (χ1v) is 9.25. The molecule has 2 aromatic carbocycles. The van der Waals surface area contributed by atoms with Gasteiger partial charge in [-0.2, -0.15) is 5.26 Å². The Morgan fingerprint density at radius 3 is 2.16 bits per heavy atom. The highest BCUT2D eigenvalue weighted by molar-refractivity contribution is 9.10. The van der Waals surface area contributed by atoms with Crippen molar-refractivity contribution in [1.82, 2.24) is 0 Å². The van der Waals surface area contributed by atoms with Crippen molar-refractivity contribution >= 4 is 15.9 Å². The van der Waals surface area contributed by atoms with Crippen molar-refractivity contribution in [3.05, 3.63) is 58.1 Å². The van der Waals surface area contributed by atoms with Gasteiger partial charge in [0.15, 0.2) is 0 Å². The number of nitrogens with zero attached hydrogens (tertiary/aromatic N) is 1. The average Bonchev–Trinajstić information content (AvgIpc) is 2.63. The minimum atomic E-state index is -0.437. The highest BCUT2D eigenvalue weighted by atomic mass is 79.9. The van der Waals surface area contributed by atoms with E-state index in [0.29, 0.717) is 11.7 Å². The molecule has 0 aliphatic rings. The third-order valence-corrected chi connectivity index (χ3v) is 5.25. The summed E-state index contributed by atoms with van der Waals surface area (Å²) >= 11 is 3.29. The number of phenols is 2. The summed E-state index contributed by atoms with van der Waals surface area (Å²) in [6, 6.07) is 14.8. The summed E-state index contributed by atoms with van der Waals surface area (Å²) in [6.45, 7) is 8.22. The Balaban J connectivity index is 0.000000251. The van der Waals surface area contributed by atoms with E-state index in [1.165, 1.54) is 5.56 Å². The Labute approximate surface area is 159 Å². The second-order valence-corrected chi connectivity index (χ2v) is 7.22. The van der Waals surface area contributed by atoms with Gasteiger partial charge in [0.1, 0.15) is 11.5 Å². The Kier molecular flexibility index (Phi) is 7.99. The molecule has 25 heavy (non-hydrogen) atoms. The summed E-state index contributed by atoms with van der Waals surface area (Å²) in [5.74, 6) is 1.10. The summed E-state index contributed by atoms with van der Waals surface area (Å²) in [6.07, 6.45) is 1.89. The van der Waals surface area contributed by atoms with Gasteiger partial charge >= 0.3 is 0 Å². The van der Waals surface area contributed by atoms with Gasteiger partial charge in [0.05, 0.1) is 16.0 Å². The normalized spacial score (nSPS) is 13.8. The van der Waals surface area contributed by atoms with Crippen molar-refractivity contribution in [2.24, 2.45) is 0 Å². The van der Waals surface area contributed by atoms with Crippen molar-refractivity contribution < 1.29 is 10.2 Å². The Morgan fingerprint density at radius 2 is 1.72 bits per heavy atom. The maximum atomic E-state index is 9.25. The third-order valence-electron chi connectivity index (χ3n) is 4.61. The molecule has 0 amide bonds. The zero-order valence-electron chi connectivity index (χ0n) is 15.3. The molecule has 2 rings (SSSR count). The van der Waals surface area contributed by atoms with Crippen molar-refractivity contribution in [3.63, 3.8) is 0 Å². The van der Waals surface area contributed by atoms with Crippen LogP contribution >= 0.6 is 15.9 Å². The molecular formula is C21H26BrNO2. The van der Waals surface area contributed by atoms with Crippen LogP contribution in [0.15, 0.2) is 46.9 Å². The SMILES string of the molecule is CCC(C)(C#N)c1ccc(O)cc1.CCC(C)c1ccc(O)c(Br)c1. The predicted octanol–water partition coefficient (Wildman–Crippen LogP) is 6.25. The molecule has 2 N–H and O–H groups in total. The second-order valence-electron chi connectivity index (χ2n) is 6.36. The van der Waals surface area contributed by atoms with E-state index < -0.39 is 5.41 Å². The molecule has 2 unspecified atom stereocenters. The first-order valence-electron chi connectivity index (χ1n) is 8.46. The third kappa shape index (κ3) is 5.79. The zero-order chi connectivity index (χ0) is 19.0. The first kappa shape index (κ1) is 21.1. The van der Waals surface area contributed by atoms with Crippen LogP contribution in [0.2, 0.25) is 0 Å². The molecule has 0 saturated carbocycles. The zero-order valence-corrected chi connectivity index (χ0v) is 16.8. The van der Waals surface area contributed by atoms with Gasteiger partial charge in [-0.1, -0.05) is 39.0 Å². The van der Waals surface area contributed by atoms with Crippen molar-refractivity contribution in [2.45, 2.75) is 51.9 Å². The lowest BCUT2D eigenvalue weighted by Crippen LogP contribution is -2.17. The number of phenolic OH excluding ortho intramolecular Hbond substituents is 2. The van der Waals surface area contributed by atoms with Crippen LogP contribution in [0.1, 0.15) is 57.6 Å². The van der Waals surface area contributed by atoms with Crippen LogP contribution < -0.4 is 0 Å². The van der Waals surface area contributed by atoms with Gasteiger partial charge in [-0.15, -0.1) is 0 Å². The maximum absolute atomic E-state index is 9.25. The fourth-order valence-corrected chi connectivity index (χ4v) is 2.64. The van der Waals surface area contributed by atoms with E-state index >= 15 is 0 Å². The minimum Gasteiger partial charge on any atom is -0.508 e. The van der Waals surface area contributed by atoms with E-state index in [4.69, 9.17) is 10.4 Å². The van der Waals surface area contributed by atoms with Gasteiger partial charge in [-0.05, 0) is 77.0 Å². The lowest BCUT2D eigenvalue weighted by atomic mass is 9.82. The predicted molar refractivity (Wildman–Crippen MR) is 106 cm³/mol. The van der Waals surface area contributed by atoms with E-state index in [-0.39, 0.29) is 5.75 Å². The number of benzene rings is 2. The number of rotatable bonds is 4. The topological polar surface area (TPSA) is 64.2 Å². The van der Waals surface area contributed by atoms with Gasteiger partial charge in [0.2, 0.25) is 0 Å². The van der Waals surface area contributed by atoms with E-state index in [9.17, 15) is 5.11 Å². The Bertz CT molecular complexity index is 722. The molecular weight excluding hydrogens is 378 g/mol. The number of halogens is 1. The van der Waals surface area contributed by atoms with E-state index in [1.54, 1.807) is 30.3 Å². The van der Waals surface area contributed by atoms with Crippen LogP contribution in [-0.4, -0.2) is 10.2 Å². The van der Waals surface area contributed by atoms with Crippen LogP contribution in [0.3, 0.4) is 0 Å². The number of nitriles is 1. The van der Waals surface area contributed by atoms with E-state index in [1.807, 2.05) is 26.0 Å². The largest absolute Gasteiger partial charge is 0.508 e. The molecule has 0 radical (unpaired) electrons. The maximum Gasteiger partial charge on any atom is 0.129 e. The Morgan fingerprint density at radius 1 is 1.12 bits per heavy atom. The average molecular weight is 404 g/mol. The summed E-state index contributed by atoms with van der Waals surface area (Å²) < 4.78 is 0.778. The Hall–Kier alpha value is -1.99. The smallest absolute Gasteiger partial charge is 0.129 e. The molecule has 0 aliphatic heterocycles. The molecule has 0 aromatic heterocycles. The van der Waals surface area contributed by atoms with E-state index in [2.05, 4.69) is 35.8 Å². The second kappa shape index (κ2) is 9.48. The molecule has 2 atom stereocenters. The fraction of sp³-hybridized carbons (Fsp3) is 0.381. The highest BCUT2D eigenvalue weighted by Gasteiger charge is 2.23. The molecule has 134 valence electrons. The van der Waals surface area contributed by atoms with Crippen LogP contribution in [0.25, 0.3) is 0 Å².